The van der Waals surface area contributed by atoms with Crippen LogP contribution >= 0.6 is 0 Å². The highest BCUT2D eigenvalue weighted by Crippen LogP contribution is 2.56. The number of unbranched alkanes of at least 4 members (excludes halogenated alkanes) is 2. The summed E-state index contributed by atoms with van der Waals surface area (Å²) in [5, 5.41) is 13.0. The van der Waals surface area contributed by atoms with Crippen molar-refractivity contribution in [2.45, 2.75) is 83.1 Å². The molecule has 0 radical (unpaired) electrons. The number of amides is 2. The maximum Gasteiger partial charge on any atom is 0.236 e. The average Bonchev–Trinajstić information content (AvgIpc) is 2.83. The third kappa shape index (κ3) is 9.63. The number of hydrogen-bond acceptors (Lipinski definition) is 6. The molecule has 4 rings (SSSR count). The number of carbonyl (C=O) groups is 2. The number of nitrogens with two attached hydrogens (primary N) is 2. The summed E-state index contributed by atoms with van der Waals surface area (Å²) < 4.78 is 0. The molecule has 1 atom stereocenters. The summed E-state index contributed by atoms with van der Waals surface area (Å²) in [5.74, 6) is 3.54. The molecule has 35 heavy (non-hydrogen) atoms. The number of rotatable bonds is 19. The van der Waals surface area contributed by atoms with Crippen LogP contribution in [0.15, 0.2) is 0 Å². The van der Waals surface area contributed by atoms with E-state index in [9.17, 15) is 9.59 Å². The van der Waals surface area contributed by atoms with Crippen molar-refractivity contribution < 1.29 is 9.59 Å². The summed E-state index contributed by atoms with van der Waals surface area (Å²) in [6, 6.07) is -0.463. The second kappa shape index (κ2) is 15.8. The molecule has 4 saturated carbocycles. The quantitative estimate of drug-likeness (QED) is 0.151. The van der Waals surface area contributed by atoms with Gasteiger partial charge in [0.1, 0.15) is 0 Å². The van der Waals surface area contributed by atoms with E-state index in [2.05, 4.69) is 21.3 Å². The minimum atomic E-state index is -0.463. The molecule has 202 valence electrons. The van der Waals surface area contributed by atoms with Crippen molar-refractivity contribution in [2.24, 2.45) is 41.1 Å². The number of carbonyl (C=O) groups excluding carboxylic acids is 2. The van der Waals surface area contributed by atoms with Crippen molar-refractivity contribution >= 4 is 11.8 Å². The topological polar surface area (TPSA) is 134 Å². The molecule has 0 aromatic carbocycles. The summed E-state index contributed by atoms with van der Waals surface area (Å²) in [7, 11) is 0. The fourth-order valence-electron chi connectivity index (χ4n) is 6.84. The average molecular weight is 493 g/mol. The minimum Gasteiger partial charge on any atom is -0.356 e. The predicted octanol–water partition coefficient (Wildman–Crippen LogP) is 1.49. The zero-order chi connectivity index (χ0) is 24.9. The number of nitrogens with one attached hydrogen (secondary N) is 4. The van der Waals surface area contributed by atoms with Crippen LogP contribution in [0.25, 0.3) is 0 Å². The molecule has 4 aliphatic carbocycles. The van der Waals surface area contributed by atoms with Gasteiger partial charge in [-0.25, -0.2) is 0 Å². The molecular formula is C27H52N6O2. The molecule has 8 N–H and O–H groups in total. The van der Waals surface area contributed by atoms with E-state index in [1.807, 2.05) is 0 Å². The first-order valence-electron chi connectivity index (χ1n) is 14.5. The third-order valence-electron chi connectivity index (χ3n) is 8.45. The van der Waals surface area contributed by atoms with E-state index in [-0.39, 0.29) is 17.7 Å². The molecule has 0 aliphatic heterocycles. The zero-order valence-electron chi connectivity index (χ0n) is 21.9. The normalized spacial score (nSPS) is 27.7. The summed E-state index contributed by atoms with van der Waals surface area (Å²) in [6.45, 7) is 6.06. The van der Waals surface area contributed by atoms with Crippen molar-refractivity contribution in [3.8, 4) is 0 Å². The van der Waals surface area contributed by atoms with Crippen molar-refractivity contribution in [1.82, 2.24) is 21.3 Å². The van der Waals surface area contributed by atoms with Gasteiger partial charge < -0.3 is 32.7 Å². The van der Waals surface area contributed by atoms with Gasteiger partial charge in [-0.05, 0) is 133 Å². The fourth-order valence-corrected chi connectivity index (χ4v) is 6.84. The van der Waals surface area contributed by atoms with Crippen molar-refractivity contribution in [3.63, 3.8) is 0 Å². The molecule has 4 aliphatic rings. The molecule has 0 aromatic heterocycles. The summed E-state index contributed by atoms with van der Waals surface area (Å²) in [6.07, 6.45) is 13.2. The Labute approximate surface area is 212 Å². The molecule has 1 unspecified atom stereocenters. The highest BCUT2D eigenvalue weighted by Gasteiger charge is 2.50. The van der Waals surface area contributed by atoms with Crippen LogP contribution in [0, 0.1) is 29.6 Å². The highest BCUT2D eigenvalue weighted by atomic mass is 16.2. The molecule has 0 heterocycles. The summed E-state index contributed by atoms with van der Waals surface area (Å²) in [5.41, 5.74) is 11.5. The lowest BCUT2D eigenvalue weighted by atomic mass is 9.51. The lowest BCUT2D eigenvalue weighted by Crippen LogP contribution is -2.51. The minimum absolute atomic E-state index is 0.0637. The Morgan fingerprint density at radius 2 is 1.23 bits per heavy atom. The van der Waals surface area contributed by atoms with Gasteiger partial charge in [0, 0.05) is 19.0 Å². The monoisotopic (exact) mass is 492 g/mol. The van der Waals surface area contributed by atoms with Gasteiger partial charge >= 0.3 is 0 Å². The van der Waals surface area contributed by atoms with E-state index < -0.39 is 6.04 Å². The van der Waals surface area contributed by atoms with Crippen molar-refractivity contribution in [3.05, 3.63) is 0 Å². The van der Waals surface area contributed by atoms with E-state index >= 15 is 0 Å². The Balaban J connectivity index is 1.11. The predicted molar refractivity (Wildman–Crippen MR) is 142 cm³/mol. The first kappa shape index (κ1) is 28.4. The van der Waals surface area contributed by atoms with E-state index in [1.165, 1.54) is 32.1 Å². The Morgan fingerprint density at radius 1 is 0.686 bits per heavy atom. The SMILES string of the molecule is NCCCNCCCCNCCCNC(=O)C(N)CCCCNC(=O)C1C2CC3CC(C2)CC1C3. The van der Waals surface area contributed by atoms with E-state index in [0.29, 0.717) is 31.3 Å². The standard InChI is InChI=1S/C27H52N6O2/c28-8-5-11-30-9-3-4-10-31-12-6-14-32-26(34)24(29)7-1-2-13-33-27(35)25-22-16-20-15-21(18-22)19-23(25)17-20/h20-25,30-31H,1-19,28-29H2,(H,32,34)(H,33,35). The van der Waals surface area contributed by atoms with Gasteiger partial charge in [-0.15, -0.1) is 0 Å². The van der Waals surface area contributed by atoms with Gasteiger partial charge in [0.15, 0.2) is 0 Å². The van der Waals surface area contributed by atoms with Gasteiger partial charge in [-0.1, -0.05) is 0 Å². The summed E-state index contributed by atoms with van der Waals surface area (Å²) in [4.78, 5) is 25.0. The number of hydrogen-bond donors (Lipinski definition) is 6. The first-order chi connectivity index (χ1) is 17.1. The van der Waals surface area contributed by atoms with Crippen molar-refractivity contribution in [1.29, 1.82) is 0 Å². The van der Waals surface area contributed by atoms with Gasteiger partial charge in [-0.2, -0.15) is 0 Å². The summed E-state index contributed by atoms with van der Waals surface area (Å²) >= 11 is 0. The van der Waals surface area contributed by atoms with Crippen LogP contribution in [-0.2, 0) is 9.59 Å². The van der Waals surface area contributed by atoms with Crippen LogP contribution in [-0.4, -0.2) is 63.7 Å². The second-order valence-corrected chi connectivity index (χ2v) is 11.3. The van der Waals surface area contributed by atoms with Crippen LogP contribution < -0.4 is 32.7 Å². The Kier molecular flexibility index (Phi) is 12.8. The van der Waals surface area contributed by atoms with Crippen LogP contribution in [0.4, 0.5) is 0 Å². The largest absolute Gasteiger partial charge is 0.356 e. The molecule has 4 bridgehead atoms. The van der Waals surface area contributed by atoms with Crippen LogP contribution in [0.5, 0.6) is 0 Å². The smallest absolute Gasteiger partial charge is 0.236 e. The Morgan fingerprint density at radius 3 is 1.86 bits per heavy atom. The maximum atomic E-state index is 12.8. The molecule has 8 nitrogen and oxygen atoms in total. The maximum absolute atomic E-state index is 12.8. The van der Waals surface area contributed by atoms with Crippen molar-refractivity contribution in [2.75, 3.05) is 45.8 Å². The third-order valence-corrected chi connectivity index (χ3v) is 8.45. The zero-order valence-corrected chi connectivity index (χ0v) is 21.9. The van der Waals surface area contributed by atoms with Gasteiger partial charge in [0.05, 0.1) is 6.04 Å². The Hall–Kier alpha value is -1.22. The highest BCUT2D eigenvalue weighted by molar-refractivity contribution is 5.81. The van der Waals surface area contributed by atoms with E-state index in [0.717, 1.165) is 83.1 Å². The van der Waals surface area contributed by atoms with Crippen LogP contribution in [0.2, 0.25) is 0 Å². The fraction of sp³-hybridized carbons (Fsp3) is 0.926. The van der Waals surface area contributed by atoms with Gasteiger partial charge in [-0.3, -0.25) is 9.59 Å². The molecule has 0 saturated heterocycles. The van der Waals surface area contributed by atoms with E-state index in [1.54, 1.807) is 0 Å². The van der Waals surface area contributed by atoms with E-state index in [4.69, 9.17) is 11.5 Å². The lowest BCUT2D eigenvalue weighted by molar-refractivity contribution is -0.138. The molecule has 4 fully saturated rings. The molecule has 8 heteroatoms. The Bertz CT molecular complexity index is 603. The van der Waals surface area contributed by atoms with Gasteiger partial charge in [0.25, 0.3) is 0 Å². The molecule has 2 amide bonds. The lowest BCUT2D eigenvalue weighted by Gasteiger charge is -2.53. The molecule has 0 spiro atoms. The first-order valence-corrected chi connectivity index (χ1v) is 14.5. The molecule has 0 aromatic rings. The van der Waals surface area contributed by atoms with Gasteiger partial charge in [0.2, 0.25) is 11.8 Å². The molecular weight excluding hydrogens is 440 g/mol. The second-order valence-electron chi connectivity index (χ2n) is 11.3. The van der Waals surface area contributed by atoms with Crippen LogP contribution in [0.3, 0.4) is 0 Å². The van der Waals surface area contributed by atoms with Crippen LogP contribution in [0.1, 0.15) is 77.0 Å².